The van der Waals surface area contributed by atoms with Gasteiger partial charge in [-0.1, -0.05) is 55.7 Å². The second kappa shape index (κ2) is 16.5. The molecule has 0 unspecified atom stereocenters. The molecule has 5 fully saturated rings. The smallest absolute Gasteiger partial charge is 0.548 e. The fourth-order valence-electron chi connectivity index (χ4n) is 9.37. The maximum atomic E-state index is 14.0. The van der Waals surface area contributed by atoms with Crippen molar-refractivity contribution in [1.29, 1.82) is 0 Å². The molecule has 4 bridgehead atoms. The average Bonchev–Trinajstić information content (AvgIpc) is 3.04. The van der Waals surface area contributed by atoms with E-state index in [9.17, 15) is 19.5 Å². The summed E-state index contributed by atoms with van der Waals surface area (Å²) in [7, 11) is 0. The Hall–Kier alpha value is -2.40. The van der Waals surface area contributed by atoms with Gasteiger partial charge in [0.1, 0.15) is 5.60 Å². The SMILES string of the molecule is CSCC[C@H](NC(=O)c1ccc(CCN(CC2CCCCC2)C(=O)OC23CC4CC(CC(C4)C2)C3)cc1-c1ccccc1C)C(=O)[O-].[Li+]. The molecule has 1 atom stereocenters. The molecule has 2 aromatic carbocycles. The number of carbonyl (C=O) groups is 3. The summed E-state index contributed by atoms with van der Waals surface area (Å²) < 4.78 is 6.57. The van der Waals surface area contributed by atoms with E-state index in [1.807, 2.05) is 54.5 Å². The molecule has 2 amide bonds. The van der Waals surface area contributed by atoms with Crippen LogP contribution in [0.25, 0.3) is 11.1 Å². The molecule has 5 aliphatic rings. The van der Waals surface area contributed by atoms with Gasteiger partial charge in [-0.2, -0.15) is 11.8 Å². The molecular weight excluding hydrogens is 615 g/mol. The molecule has 0 radical (unpaired) electrons. The van der Waals surface area contributed by atoms with Gasteiger partial charge in [-0.25, -0.2) is 4.79 Å². The number of ether oxygens (including phenoxy) is 1. The number of nitrogens with zero attached hydrogens (tertiary/aromatic N) is 1. The normalized spacial score (nSPS) is 25.2. The molecule has 1 N–H and O–H groups in total. The Morgan fingerprint density at radius 1 is 0.979 bits per heavy atom. The Morgan fingerprint density at radius 3 is 2.27 bits per heavy atom. The molecule has 48 heavy (non-hydrogen) atoms. The quantitative estimate of drug-likeness (QED) is 0.327. The van der Waals surface area contributed by atoms with Crippen LogP contribution in [-0.4, -0.2) is 59.6 Å². The summed E-state index contributed by atoms with van der Waals surface area (Å²) in [6.07, 6.45) is 15.8. The van der Waals surface area contributed by atoms with E-state index in [4.69, 9.17) is 4.74 Å². The third kappa shape index (κ3) is 8.84. The van der Waals surface area contributed by atoms with Crippen molar-refractivity contribution < 1.29 is 43.1 Å². The van der Waals surface area contributed by atoms with Gasteiger partial charge in [0.25, 0.3) is 5.91 Å². The molecule has 7 rings (SSSR count). The number of carbonyl (C=O) groups excluding carboxylic acids is 3. The van der Waals surface area contributed by atoms with Gasteiger partial charge in [-0.05, 0) is 135 Å². The molecule has 0 aromatic heterocycles. The molecule has 2 aromatic rings. The second-order valence-electron chi connectivity index (χ2n) is 15.0. The summed E-state index contributed by atoms with van der Waals surface area (Å²) in [6.45, 7) is 3.30. The average molecular weight is 667 g/mol. The standard InChI is InChI=1S/C39H52N2O5S.Li/c1-26-8-6-7-11-32(26)34-21-27(12-13-33(34)36(42)40-35(37(43)44)15-17-47-2)14-16-41(25-28-9-4-3-5-10-28)38(45)46-39-22-29-18-30(23-39)20-31(19-29)24-39;/h6-8,11-13,21,28-31,35H,3-5,9-10,14-20,22-25H2,1-2H3,(H,40,42)(H,43,44);/q;+1/p-1/t29?,30?,31?,35-,39?;/m0./s1. The summed E-state index contributed by atoms with van der Waals surface area (Å²) in [5, 5.41) is 14.5. The Labute approximate surface area is 302 Å². The number of benzene rings is 2. The van der Waals surface area contributed by atoms with Crippen LogP contribution in [0.2, 0.25) is 0 Å². The number of aliphatic carboxylic acids is 1. The van der Waals surface area contributed by atoms with Gasteiger partial charge in [0.05, 0.1) is 12.0 Å². The Balaban J connectivity index is 0.00000451. The number of rotatable bonds is 13. The van der Waals surface area contributed by atoms with Crippen molar-refractivity contribution in [2.24, 2.45) is 23.7 Å². The first-order valence-electron chi connectivity index (χ1n) is 17.9. The van der Waals surface area contributed by atoms with Crippen molar-refractivity contribution in [1.82, 2.24) is 10.2 Å². The minimum absolute atomic E-state index is 0. The second-order valence-corrected chi connectivity index (χ2v) is 16.0. The molecular formula is C39H51LiN2O5S. The van der Waals surface area contributed by atoms with Crippen LogP contribution in [0.5, 0.6) is 0 Å². The zero-order valence-corrected chi connectivity index (χ0v) is 30.0. The number of hydrogen-bond acceptors (Lipinski definition) is 6. The number of aryl methyl sites for hydroxylation is 1. The molecule has 7 nitrogen and oxygen atoms in total. The Morgan fingerprint density at radius 2 is 1.65 bits per heavy atom. The maximum absolute atomic E-state index is 14.0. The molecule has 0 aliphatic heterocycles. The molecule has 254 valence electrons. The number of hydrogen-bond donors (Lipinski definition) is 1. The molecule has 5 aliphatic carbocycles. The summed E-state index contributed by atoms with van der Waals surface area (Å²) in [5.41, 5.74) is 3.89. The van der Waals surface area contributed by atoms with Gasteiger partial charge >= 0.3 is 25.0 Å². The van der Waals surface area contributed by atoms with Crippen molar-refractivity contribution >= 4 is 29.7 Å². The van der Waals surface area contributed by atoms with Crippen molar-refractivity contribution in [2.75, 3.05) is 25.1 Å². The van der Waals surface area contributed by atoms with E-state index < -0.39 is 17.9 Å². The van der Waals surface area contributed by atoms with Gasteiger partial charge < -0.3 is 24.9 Å². The Bertz CT molecular complexity index is 1410. The van der Waals surface area contributed by atoms with Gasteiger partial charge in [-0.3, -0.25) is 4.79 Å². The third-order valence-corrected chi connectivity index (χ3v) is 12.0. The van der Waals surface area contributed by atoms with E-state index >= 15 is 0 Å². The number of carboxylic acids is 1. The minimum Gasteiger partial charge on any atom is -0.548 e. The molecule has 9 heteroatoms. The van der Waals surface area contributed by atoms with Crippen molar-refractivity contribution in [3.8, 4) is 11.1 Å². The molecule has 0 saturated heterocycles. The molecule has 0 heterocycles. The molecule has 0 spiro atoms. The minimum atomic E-state index is -1.28. The van der Waals surface area contributed by atoms with Gasteiger partial charge in [0.2, 0.25) is 0 Å². The number of amides is 2. The van der Waals surface area contributed by atoms with E-state index in [1.165, 1.54) is 50.3 Å². The predicted molar refractivity (Wildman–Crippen MR) is 185 cm³/mol. The van der Waals surface area contributed by atoms with E-state index in [2.05, 4.69) is 5.32 Å². The fourth-order valence-corrected chi connectivity index (χ4v) is 9.84. The maximum Gasteiger partial charge on any atom is 1.00 e. The first-order chi connectivity index (χ1) is 22.7. The molecule has 5 saturated carbocycles. The van der Waals surface area contributed by atoms with Crippen molar-refractivity contribution in [3.05, 3.63) is 59.2 Å². The fraction of sp³-hybridized carbons (Fsp3) is 0.615. The summed E-state index contributed by atoms with van der Waals surface area (Å²) in [4.78, 5) is 41.4. The number of thioether (sulfide) groups is 1. The zero-order valence-electron chi connectivity index (χ0n) is 29.1. The zero-order chi connectivity index (χ0) is 33.0. The van der Waals surface area contributed by atoms with E-state index in [0.29, 0.717) is 54.4 Å². The van der Waals surface area contributed by atoms with Gasteiger partial charge in [0.15, 0.2) is 0 Å². The number of nitrogens with one attached hydrogen (secondary N) is 1. The van der Waals surface area contributed by atoms with Crippen LogP contribution < -0.4 is 29.3 Å². The topological polar surface area (TPSA) is 98.8 Å². The first-order valence-corrected chi connectivity index (χ1v) is 19.3. The summed E-state index contributed by atoms with van der Waals surface area (Å²) in [6, 6.07) is 12.6. The van der Waals surface area contributed by atoms with Gasteiger partial charge in [0, 0.05) is 18.7 Å². The van der Waals surface area contributed by atoms with E-state index in [0.717, 1.165) is 60.9 Å². The summed E-state index contributed by atoms with van der Waals surface area (Å²) in [5.74, 6) is 1.54. The number of carboxylic acid groups (broad SMARTS) is 1. The van der Waals surface area contributed by atoms with Crippen LogP contribution in [0.3, 0.4) is 0 Å². The summed E-state index contributed by atoms with van der Waals surface area (Å²) >= 11 is 1.53. The van der Waals surface area contributed by atoms with Crippen LogP contribution in [0.4, 0.5) is 4.79 Å². The largest absolute Gasteiger partial charge is 1.00 e. The third-order valence-electron chi connectivity index (χ3n) is 11.4. The van der Waals surface area contributed by atoms with Crippen LogP contribution in [0.15, 0.2) is 42.5 Å². The van der Waals surface area contributed by atoms with E-state index in [1.54, 1.807) is 6.07 Å². The predicted octanol–water partition coefficient (Wildman–Crippen LogP) is 3.80. The Kier molecular flexibility index (Phi) is 12.7. The van der Waals surface area contributed by atoms with Crippen molar-refractivity contribution in [3.63, 3.8) is 0 Å². The monoisotopic (exact) mass is 666 g/mol. The first kappa shape index (κ1) is 36.9. The van der Waals surface area contributed by atoms with Gasteiger partial charge in [-0.15, -0.1) is 0 Å². The van der Waals surface area contributed by atoms with E-state index in [-0.39, 0.29) is 30.6 Å². The van der Waals surface area contributed by atoms with Crippen LogP contribution in [-0.2, 0) is 16.0 Å². The van der Waals surface area contributed by atoms with Crippen LogP contribution >= 0.6 is 11.8 Å². The van der Waals surface area contributed by atoms with Crippen molar-refractivity contribution in [2.45, 2.75) is 102 Å². The van der Waals surface area contributed by atoms with Crippen LogP contribution in [0, 0.1) is 30.6 Å². The van der Waals surface area contributed by atoms with Crippen LogP contribution in [0.1, 0.15) is 98.5 Å².